The molecule has 2 aromatic heterocycles. The van der Waals surface area contributed by atoms with Crippen molar-refractivity contribution in [3.8, 4) is 11.8 Å². The molecule has 0 amide bonds. The maximum atomic E-state index is 12.3. The van der Waals surface area contributed by atoms with Crippen LogP contribution in [0.5, 0.6) is 11.8 Å². The second-order valence-electron chi connectivity index (χ2n) is 6.41. The number of aromatic nitrogens is 5. The quantitative estimate of drug-likeness (QED) is 0.466. The topological polar surface area (TPSA) is 110 Å². The van der Waals surface area contributed by atoms with E-state index >= 15 is 0 Å². The van der Waals surface area contributed by atoms with Gasteiger partial charge in [-0.1, -0.05) is 5.21 Å². The van der Waals surface area contributed by atoms with E-state index in [1.807, 2.05) is 6.92 Å². The molecule has 0 radical (unpaired) electrons. The lowest BCUT2D eigenvalue weighted by Crippen LogP contribution is -2.08. The van der Waals surface area contributed by atoms with E-state index in [0.717, 1.165) is 12.1 Å². The number of benzene rings is 1. The van der Waals surface area contributed by atoms with Crippen molar-refractivity contribution in [3.63, 3.8) is 0 Å². The molecule has 0 saturated carbocycles. The molecule has 0 fully saturated rings. The highest BCUT2D eigenvalue weighted by atomic mass is 19.4. The van der Waals surface area contributed by atoms with Crippen molar-refractivity contribution in [3.05, 3.63) is 58.0 Å². The maximum absolute atomic E-state index is 12.3. The summed E-state index contributed by atoms with van der Waals surface area (Å²) in [6, 6.07) is 4.85. The van der Waals surface area contributed by atoms with Crippen molar-refractivity contribution >= 4 is 5.82 Å². The Hall–Kier alpha value is -3.64. The van der Waals surface area contributed by atoms with E-state index in [4.69, 9.17) is 9.47 Å². The molecule has 0 aliphatic carbocycles. The smallest absolute Gasteiger partial charge is 0.416 e. The average molecular weight is 426 g/mol. The number of fused-ring (bicyclic) bond motifs is 1. The fourth-order valence-electron chi connectivity index (χ4n) is 2.55. The van der Waals surface area contributed by atoms with Gasteiger partial charge in [-0.3, -0.25) is 9.25 Å². The van der Waals surface area contributed by atoms with Crippen molar-refractivity contribution < 1.29 is 27.6 Å². The fourth-order valence-corrected chi connectivity index (χ4v) is 2.55. The first-order valence-electron chi connectivity index (χ1n) is 8.65. The number of rotatable bonds is 4. The van der Waals surface area contributed by atoms with Gasteiger partial charge in [0.2, 0.25) is 0 Å². The van der Waals surface area contributed by atoms with Crippen LogP contribution in [0.3, 0.4) is 0 Å². The molecule has 1 unspecified atom stereocenters. The van der Waals surface area contributed by atoms with Crippen LogP contribution in [0.1, 0.15) is 18.2 Å². The standard InChI is InChI=1S/C11H10F3N3O.C6H7N3O3/c1-17-6-9(15-16-17)7-18-10-4-2-8(3-5-10)11(12,13)14;1-4-2-8-3-5(9(10)11)7-6(8)12-4/h2-6H,7H2,1H3;3-4H,2H2,1H3. The number of halogens is 3. The van der Waals surface area contributed by atoms with Crippen LogP contribution in [0, 0.1) is 10.1 Å². The summed E-state index contributed by atoms with van der Waals surface area (Å²) in [5, 5.41) is 17.8. The van der Waals surface area contributed by atoms with E-state index < -0.39 is 16.7 Å². The van der Waals surface area contributed by atoms with Crippen molar-refractivity contribution in [2.45, 2.75) is 32.4 Å². The molecule has 1 aliphatic heterocycles. The van der Waals surface area contributed by atoms with Crippen LogP contribution in [0.15, 0.2) is 36.7 Å². The number of aryl methyl sites for hydroxylation is 1. The second kappa shape index (κ2) is 8.39. The summed E-state index contributed by atoms with van der Waals surface area (Å²) in [4.78, 5) is 13.4. The van der Waals surface area contributed by atoms with Gasteiger partial charge in [0.05, 0.1) is 18.3 Å². The van der Waals surface area contributed by atoms with Crippen molar-refractivity contribution in [1.29, 1.82) is 0 Å². The van der Waals surface area contributed by atoms with Crippen LogP contribution in [-0.2, 0) is 26.4 Å². The molecule has 0 N–H and O–H groups in total. The molecule has 30 heavy (non-hydrogen) atoms. The molecular formula is C17H17F3N6O4. The second-order valence-corrected chi connectivity index (χ2v) is 6.41. The van der Waals surface area contributed by atoms with Crippen LogP contribution in [0.4, 0.5) is 19.0 Å². The summed E-state index contributed by atoms with van der Waals surface area (Å²) in [5.41, 5.74) is -0.0910. The van der Waals surface area contributed by atoms with Gasteiger partial charge in [-0.2, -0.15) is 13.2 Å². The van der Waals surface area contributed by atoms with Gasteiger partial charge in [-0.15, -0.1) is 5.10 Å². The molecule has 1 aromatic carbocycles. The minimum absolute atomic E-state index is 0.0632. The van der Waals surface area contributed by atoms with Crippen molar-refractivity contribution in [1.82, 2.24) is 24.5 Å². The molecule has 3 heterocycles. The summed E-state index contributed by atoms with van der Waals surface area (Å²) in [6.45, 7) is 2.69. The first kappa shape index (κ1) is 21.1. The lowest BCUT2D eigenvalue weighted by atomic mass is 10.2. The van der Waals surface area contributed by atoms with Gasteiger partial charge < -0.3 is 19.6 Å². The SMILES string of the molecule is CC1Cn2cc([N+](=O)[O-])nc2O1.Cn1cc(COc2ccc(C(F)(F)F)cc2)nn1. The number of nitrogens with zero attached hydrogens (tertiary/aromatic N) is 6. The predicted molar refractivity (Wildman–Crippen MR) is 95.8 cm³/mol. The summed E-state index contributed by atoms with van der Waals surface area (Å²) >= 11 is 0. The molecule has 1 aliphatic rings. The molecule has 10 nitrogen and oxygen atoms in total. The highest BCUT2D eigenvalue weighted by Crippen LogP contribution is 2.30. The maximum Gasteiger partial charge on any atom is 0.416 e. The Morgan fingerprint density at radius 2 is 2.00 bits per heavy atom. The monoisotopic (exact) mass is 426 g/mol. The zero-order valence-electron chi connectivity index (χ0n) is 15.9. The third kappa shape index (κ3) is 5.24. The molecule has 160 valence electrons. The van der Waals surface area contributed by atoms with E-state index in [0.29, 0.717) is 24.0 Å². The third-order valence-electron chi connectivity index (χ3n) is 3.89. The van der Waals surface area contributed by atoms with Gasteiger partial charge in [-0.05, 0) is 36.1 Å². The van der Waals surface area contributed by atoms with Gasteiger partial charge in [-0.25, -0.2) is 0 Å². The van der Waals surface area contributed by atoms with Crippen LogP contribution < -0.4 is 9.47 Å². The Labute approximate surface area is 168 Å². The first-order valence-corrected chi connectivity index (χ1v) is 8.65. The van der Waals surface area contributed by atoms with Crippen LogP contribution in [-0.4, -0.2) is 35.6 Å². The molecule has 0 spiro atoms. The largest absolute Gasteiger partial charge is 0.487 e. The van der Waals surface area contributed by atoms with Gasteiger partial charge >= 0.3 is 18.0 Å². The molecule has 0 bridgehead atoms. The van der Waals surface area contributed by atoms with Crippen molar-refractivity contribution in [2.24, 2.45) is 7.05 Å². The van der Waals surface area contributed by atoms with E-state index in [1.165, 1.54) is 23.0 Å². The number of alkyl halides is 3. The zero-order valence-corrected chi connectivity index (χ0v) is 15.9. The Bertz CT molecular complexity index is 992. The molecule has 0 saturated heterocycles. The van der Waals surface area contributed by atoms with Crippen molar-refractivity contribution in [2.75, 3.05) is 0 Å². The van der Waals surface area contributed by atoms with E-state index in [1.54, 1.807) is 17.8 Å². The number of hydrogen-bond donors (Lipinski definition) is 0. The van der Waals surface area contributed by atoms with Gasteiger partial charge in [0, 0.05) is 12.0 Å². The molecule has 3 aromatic rings. The Morgan fingerprint density at radius 1 is 1.30 bits per heavy atom. The number of hydrogen-bond acceptors (Lipinski definition) is 7. The van der Waals surface area contributed by atoms with E-state index in [2.05, 4.69) is 15.3 Å². The summed E-state index contributed by atoms with van der Waals surface area (Å²) in [7, 11) is 1.72. The zero-order chi connectivity index (χ0) is 21.9. The van der Waals surface area contributed by atoms with Crippen LogP contribution >= 0.6 is 0 Å². The van der Waals surface area contributed by atoms with Crippen LogP contribution in [0.25, 0.3) is 0 Å². The molecule has 13 heteroatoms. The van der Waals surface area contributed by atoms with Crippen LogP contribution in [0.2, 0.25) is 0 Å². The first-order chi connectivity index (χ1) is 14.1. The Morgan fingerprint density at radius 3 is 2.53 bits per heavy atom. The Kier molecular flexibility index (Phi) is 5.89. The van der Waals surface area contributed by atoms with E-state index in [-0.39, 0.29) is 18.5 Å². The number of ether oxygens (including phenoxy) is 2. The van der Waals surface area contributed by atoms with E-state index in [9.17, 15) is 23.3 Å². The highest BCUT2D eigenvalue weighted by Gasteiger charge is 2.30. The number of imidazole rings is 1. The van der Waals surface area contributed by atoms with Gasteiger partial charge in [0.1, 0.15) is 30.4 Å². The van der Waals surface area contributed by atoms with Gasteiger partial charge in [0.15, 0.2) is 0 Å². The lowest BCUT2D eigenvalue weighted by Gasteiger charge is -2.08. The fraction of sp³-hybridized carbons (Fsp3) is 0.353. The highest BCUT2D eigenvalue weighted by molar-refractivity contribution is 5.29. The minimum atomic E-state index is -4.33. The third-order valence-corrected chi connectivity index (χ3v) is 3.89. The molecule has 1 atom stereocenters. The summed E-state index contributed by atoms with van der Waals surface area (Å²) in [6.07, 6.45) is -1.21. The number of nitro groups is 1. The predicted octanol–water partition coefficient (Wildman–Crippen LogP) is 2.99. The summed E-state index contributed by atoms with van der Waals surface area (Å²) in [5.74, 6) is 0.200. The molecular weight excluding hydrogens is 409 g/mol. The lowest BCUT2D eigenvalue weighted by molar-refractivity contribution is -0.389. The minimum Gasteiger partial charge on any atom is -0.487 e. The Balaban J connectivity index is 0.000000184. The normalized spacial score (nSPS) is 15.0. The molecule has 4 rings (SSSR count). The summed E-state index contributed by atoms with van der Waals surface area (Å²) < 4.78 is 50.6. The average Bonchev–Trinajstić information content (AvgIpc) is 3.34. The van der Waals surface area contributed by atoms with Gasteiger partial charge in [0.25, 0.3) is 0 Å².